The van der Waals surface area contributed by atoms with Gasteiger partial charge in [-0.05, 0) is 38.7 Å². The smallest absolute Gasteiger partial charge is 0.180 e. The molecule has 2 aromatic heterocycles. The largest absolute Gasteiger partial charge is 0.375 e. The monoisotopic (exact) mass is 247 g/mol. The lowest BCUT2D eigenvalue weighted by Crippen LogP contribution is -2.03. The molecule has 2 N–H and O–H groups in total. The first-order valence-corrected chi connectivity index (χ1v) is 6.91. The number of nitrogens with zero attached hydrogens (tertiary/aromatic N) is 2. The van der Waals surface area contributed by atoms with E-state index >= 15 is 0 Å². The summed E-state index contributed by atoms with van der Waals surface area (Å²) in [5.74, 6) is 0.896. The number of aryl methyl sites for hydroxylation is 1. The van der Waals surface area contributed by atoms with Gasteiger partial charge in [0, 0.05) is 28.9 Å². The van der Waals surface area contributed by atoms with Crippen LogP contribution in [0.4, 0.5) is 5.13 Å². The number of anilines is 1. The van der Waals surface area contributed by atoms with Crippen LogP contribution in [0.25, 0.3) is 11.3 Å². The lowest BCUT2D eigenvalue weighted by atomic mass is 10.2. The number of hydrogen-bond donors (Lipinski definition) is 1. The summed E-state index contributed by atoms with van der Waals surface area (Å²) in [6, 6.07) is 2.23. The second-order valence-electron chi connectivity index (χ2n) is 4.91. The van der Waals surface area contributed by atoms with Crippen LogP contribution in [0.15, 0.2) is 11.4 Å². The minimum absolute atomic E-state index is 0.645. The first-order valence-electron chi connectivity index (χ1n) is 6.03. The standard InChI is InChI=1S/C13H17N3S/c1-8-5-11(12-7-17-13(14)15-12)9(2)16(8)6-10-3-4-10/h5,7,10H,3-4,6H2,1-2H3,(H2,14,15). The normalized spacial score (nSPS) is 15.4. The van der Waals surface area contributed by atoms with Gasteiger partial charge < -0.3 is 10.3 Å². The van der Waals surface area contributed by atoms with E-state index in [2.05, 4.69) is 29.5 Å². The summed E-state index contributed by atoms with van der Waals surface area (Å²) >= 11 is 1.51. The van der Waals surface area contributed by atoms with Crippen LogP contribution in [0.1, 0.15) is 24.2 Å². The van der Waals surface area contributed by atoms with Gasteiger partial charge in [-0.25, -0.2) is 4.98 Å². The molecular formula is C13H17N3S. The zero-order chi connectivity index (χ0) is 12.0. The highest BCUT2D eigenvalue weighted by Gasteiger charge is 2.24. The molecule has 0 atom stereocenters. The molecule has 2 heterocycles. The maximum Gasteiger partial charge on any atom is 0.180 e. The molecule has 4 heteroatoms. The Bertz CT molecular complexity index is 549. The van der Waals surface area contributed by atoms with Crippen molar-refractivity contribution < 1.29 is 0 Å². The lowest BCUT2D eigenvalue weighted by molar-refractivity contribution is 0.603. The van der Waals surface area contributed by atoms with Crippen LogP contribution in [0.2, 0.25) is 0 Å². The Labute approximate surface area is 105 Å². The fourth-order valence-electron chi connectivity index (χ4n) is 2.31. The molecule has 0 aliphatic heterocycles. The van der Waals surface area contributed by atoms with E-state index in [0.29, 0.717) is 5.13 Å². The van der Waals surface area contributed by atoms with Gasteiger partial charge in [-0.3, -0.25) is 0 Å². The first kappa shape index (κ1) is 10.8. The number of rotatable bonds is 3. The lowest BCUT2D eigenvalue weighted by Gasteiger charge is -2.08. The van der Waals surface area contributed by atoms with Crippen molar-refractivity contribution in [3.63, 3.8) is 0 Å². The van der Waals surface area contributed by atoms with Crippen LogP contribution in [0.5, 0.6) is 0 Å². The molecule has 0 unspecified atom stereocenters. The van der Waals surface area contributed by atoms with Crippen molar-refractivity contribution in [2.75, 3.05) is 5.73 Å². The van der Waals surface area contributed by atoms with Crippen molar-refractivity contribution >= 4 is 16.5 Å². The molecule has 3 rings (SSSR count). The predicted octanol–water partition coefficient (Wildman–Crippen LogP) is 3.22. The van der Waals surface area contributed by atoms with Crippen molar-refractivity contribution in [3.8, 4) is 11.3 Å². The minimum Gasteiger partial charge on any atom is -0.375 e. The zero-order valence-electron chi connectivity index (χ0n) is 10.2. The van der Waals surface area contributed by atoms with E-state index in [-0.39, 0.29) is 0 Å². The molecule has 1 aliphatic rings. The third-order valence-corrected chi connectivity index (χ3v) is 4.18. The Balaban J connectivity index is 1.99. The molecule has 0 spiro atoms. The SMILES string of the molecule is Cc1cc(-c2csc(N)n2)c(C)n1CC1CC1. The summed E-state index contributed by atoms with van der Waals surface area (Å²) in [6.07, 6.45) is 2.77. The van der Waals surface area contributed by atoms with E-state index in [4.69, 9.17) is 5.73 Å². The van der Waals surface area contributed by atoms with Crippen molar-refractivity contribution in [3.05, 3.63) is 22.8 Å². The van der Waals surface area contributed by atoms with E-state index < -0.39 is 0 Å². The van der Waals surface area contributed by atoms with Gasteiger partial charge in [0.25, 0.3) is 0 Å². The van der Waals surface area contributed by atoms with Crippen molar-refractivity contribution in [1.29, 1.82) is 0 Å². The van der Waals surface area contributed by atoms with Gasteiger partial charge in [0.05, 0.1) is 5.69 Å². The van der Waals surface area contributed by atoms with Crippen LogP contribution in [-0.4, -0.2) is 9.55 Å². The van der Waals surface area contributed by atoms with E-state index in [1.807, 2.05) is 5.38 Å². The fourth-order valence-corrected chi connectivity index (χ4v) is 2.87. The fraction of sp³-hybridized carbons (Fsp3) is 0.462. The van der Waals surface area contributed by atoms with Crippen LogP contribution in [-0.2, 0) is 6.54 Å². The van der Waals surface area contributed by atoms with Gasteiger partial charge in [0.2, 0.25) is 0 Å². The third kappa shape index (κ3) is 1.97. The topological polar surface area (TPSA) is 43.8 Å². The summed E-state index contributed by atoms with van der Waals surface area (Å²) < 4.78 is 2.42. The minimum atomic E-state index is 0.645. The summed E-state index contributed by atoms with van der Waals surface area (Å²) in [7, 11) is 0. The summed E-state index contributed by atoms with van der Waals surface area (Å²) in [6.45, 7) is 5.52. The Morgan fingerprint density at radius 3 is 2.82 bits per heavy atom. The van der Waals surface area contributed by atoms with Crippen molar-refractivity contribution in [2.45, 2.75) is 33.2 Å². The Kier molecular flexibility index (Phi) is 2.47. The zero-order valence-corrected chi connectivity index (χ0v) is 11.0. The molecule has 17 heavy (non-hydrogen) atoms. The van der Waals surface area contributed by atoms with Gasteiger partial charge in [0.1, 0.15) is 0 Å². The van der Waals surface area contributed by atoms with Crippen LogP contribution >= 0.6 is 11.3 Å². The maximum absolute atomic E-state index is 5.70. The van der Waals surface area contributed by atoms with E-state index in [1.54, 1.807) is 0 Å². The second-order valence-corrected chi connectivity index (χ2v) is 5.80. The molecule has 2 aromatic rings. The summed E-state index contributed by atoms with van der Waals surface area (Å²) in [5, 5.41) is 2.69. The average Bonchev–Trinajstić information content (AvgIpc) is 2.95. The summed E-state index contributed by atoms with van der Waals surface area (Å²) in [5.41, 5.74) is 10.6. The molecule has 1 aliphatic carbocycles. The van der Waals surface area contributed by atoms with Gasteiger partial charge in [-0.2, -0.15) is 0 Å². The van der Waals surface area contributed by atoms with Crippen molar-refractivity contribution in [1.82, 2.24) is 9.55 Å². The number of thiazole rings is 1. The molecule has 1 saturated carbocycles. The molecule has 0 bridgehead atoms. The number of aromatic nitrogens is 2. The Morgan fingerprint density at radius 2 is 2.24 bits per heavy atom. The highest BCUT2D eigenvalue weighted by Crippen LogP contribution is 2.34. The first-order chi connectivity index (χ1) is 8.15. The quantitative estimate of drug-likeness (QED) is 0.905. The van der Waals surface area contributed by atoms with Gasteiger partial charge in [-0.1, -0.05) is 0 Å². The van der Waals surface area contributed by atoms with Crippen LogP contribution in [0.3, 0.4) is 0 Å². The molecule has 90 valence electrons. The molecule has 0 saturated heterocycles. The molecule has 0 aromatic carbocycles. The molecule has 0 radical (unpaired) electrons. The van der Waals surface area contributed by atoms with Gasteiger partial charge in [-0.15, -0.1) is 11.3 Å². The summed E-state index contributed by atoms with van der Waals surface area (Å²) in [4.78, 5) is 4.37. The number of hydrogen-bond acceptors (Lipinski definition) is 3. The highest BCUT2D eigenvalue weighted by molar-refractivity contribution is 7.13. The van der Waals surface area contributed by atoms with E-state index in [1.165, 1.54) is 41.1 Å². The van der Waals surface area contributed by atoms with E-state index in [0.717, 1.165) is 18.2 Å². The highest BCUT2D eigenvalue weighted by atomic mass is 32.1. The maximum atomic E-state index is 5.70. The van der Waals surface area contributed by atoms with Crippen LogP contribution in [0, 0.1) is 19.8 Å². The third-order valence-electron chi connectivity index (χ3n) is 3.51. The number of nitrogen functional groups attached to an aromatic ring is 1. The van der Waals surface area contributed by atoms with E-state index in [9.17, 15) is 0 Å². The van der Waals surface area contributed by atoms with Crippen LogP contribution < -0.4 is 5.73 Å². The van der Waals surface area contributed by atoms with Crippen molar-refractivity contribution in [2.24, 2.45) is 5.92 Å². The Morgan fingerprint density at radius 1 is 1.47 bits per heavy atom. The predicted molar refractivity (Wildman–Crippen MR) is 72.2 cm³/mol. The molecule has 1 fully saturated rings. The second kappa shape index (κ2) is 3.88. The van der Waals surface area contributed by atoms with Gasteiger partial charge in [0.15, 0.2) is 5.13 Å². The average molecular weight is 247 g/mol. The number of nitrogens with two attached hydrogens (primary N) is 1. The molecule has 0 amide bonds. The van der Waals surface area contributed by atoms with Gasteiger partial charge >= 0.3 is 0 Å². The molecular weight excluding hydrogens is 230 g/mol. The molecule has 3 nitrogen and oxygen atoms in total. The Hall–Kier alpha value is -1.29.